The molecule has 0 amide bonds. The van der Waals surface area contributed by atoms with Crippen LogP contribution in [0.3, 0.4) is 0 Å². The number of aromatic nitrogens is 2. The molecule has 0 aliphatic heterocycles. The minimum Gasteiger partial charge on any atom is -0.492 e. The topological polar surface area (TPSA) is 111 Å². The number of fused-ring (bicyclic) bond motifs is 3. The van der Waals surface area contributed by atoms with Crippen molar-refractivity contribution in [2.45, 2.75) is 13.8 Å². The van der Waals surface area contributed by atoms with Crippen molar-refractivity contribution in [1.82, 2.24) is 9.71 Å². The smallest absolute Gasteiger partial charge is 0.363 e. The summed E-state index contributed by atoms with van der Waals surface area (Å²) in [5.41, 5.74) is 2.98. The number of aryl methyl sites for hydroxylation is 2. The third-order valence-electron chi connectivity index (χ3n) is 6.61. The van der Waals surface area contributed by atoms with Gasteiger partial charge in [0.05, 0.1) is 22.2 Å². The number of hydrogen-bond acceptors (Lipinski definition) is 7. The van der Waals surface area contributed by atoms with Gasteiger partial charge in [-0.3, -0.25) is 0 Å². The van der Waals surface area contributed by atoms with Crippen molar-refractivity contribution in [3.05, 3.63) is 107 Å². The maximum Gasteiger partial charge on any atom is 0.363 e. The number of benzene rings is 4. The second kappa shape index (κ2) is 9.18. The highest BCUT2D eigenvalue weighted by atomic mass is 16.7. The van der Waals surface area contributed by atoms with Gasteiger partial charge in [-0.1, -0.05) is 42.5 Å². The summed E-state index contributed by atoms with van der Waals surface area (Å²) in [4.78, 5) is 36.4. The Morgan fingerprint density at radius 3 is 2.03 bits per heavy atom. The molecule has 39 heavy (non-hydrogen) atoms. The van der Waals surface area contributed by atoms with Gasteiger partial charge in [0.25, 0.3) is 0 Å². The first-order valence-electron chi connectivity index (χ1n) is 12.2. The fraction of sp³-hybridized carbons (Fsp3) is 0.0645. The zero-order valence-electron chi connectivity index (χ0n) is 21.0. The van der Waals surface area contributed by atoms with Gasteiger partial charge in [-0.05, 0) is 66.1 Å². The number of pyridine rings is 1. The standard InChI is InChI=1S/C31H22N2O6/c1-17-13-21(30(36)39-33-26(34)11-12-27(33)35)14-18(2)29(17)38-31(37)28-22-9-5-6-10-24(22)32-25-16-20-8-4-3-7-19(20)15-23(25)28/h3-16,34-35H,1-2H3. The van der Waals surface area contributed by atoms with Gasteiger partial charge in [-0.2, -0.15) is 0 Å². The van der Waals surface area contributed by atoms with E-state index >= 15 is 0 Å². The molecule has 0 spiro atoms. The summed E-state index contributed by atoms with van der Waals surface area (Å²) in [7, 11) is 0. The molecule has 0 aliphatic carbocycles. The Kier molecular flexibility index (Phi) is 5.65. The number of rotatable bonds is 4. The summed E-state index contributed by atoms with van der Waals surface area (Å²) in [6.07, 6.45) is 0. The van der Waals surface area contributed by atoms with Gasteiger partial charge in [0.15, 0.2) is 0 Å². The van der Waals surface area contributed by atoms with E-state index < -0.39 is 23.7 Å². The van der Waals surface area contributed by atoms with Gasteiger partial charge in [-0.15, -0.1) is 4.73 Å². The molecule has 0 bridgehead atoms. The summed E-state index contributed by atoms with van der Waals surface area (Å²) in [6.45, 7) is 3.43. The van der Waals surface area contributed by atoms with Crippen LogP contribution in [0.25, 0.3) is 32.6 Å². The van der Waals surface area contributed by atoms with Crippen LogP contribution in [-0.4, -0.2) is 31.9 Å². The van der Waals surface area contributed by atoms with Crippen LogP contribution < -0.4 is 9.57 Å². The van der Waals surface area contributed by atoms with Crippen LogP contribution in [0.4, 0.5) is 0 Å². The van der Waals surface area contributed by atoms with Crippen LogP contribution in [0.1, 0.15) is 31.8 Å². The zero-order chi connectivity index (χ0) is 27.3. The van der Waals surface area contributed by atoms with E-state index in [1.165, 1.54) is 24.3 Å². The minimum atomic E-state index is -0.807. The largest absolute Gasteiger partial charge is 0.492 e. The molecule has 0 aliphatic rings. The van der Waals surface area contributed by atoms with Gasteiger partial charge < -0.3 is 19.8 Å². The number of carbonyl (C=O) groups is 2. The average molecular weight is 519 g/mol. The van der Waals surface area contributed by atoms with E-state index in [1.807, 2.05) is 60.7 Å². The molecule has 4 aromatic carbocycles. The zero-order valence-corrected chi connectivity index (χ0v) is 21.0. The Labute approximate surface area is 222 Å². The number of hydrogen-bond donors (Lipinski definition) is 2. The summed E-state index contributed by atoms with van der Waals surface area (Å²) in [5, 5.41) is 22.9. The Morgan fingerprint density at radius 1 is 0.718 bits per heavy atom. The monoisotopic (exact) mass is 518 g/mol. The SMILES string of the molecule is Cc1cc(C(=O)On2c(O)ccc2O)cc(C)c1OC(=O)c1c2ccccc2nc2cc3ccccc3cc12. The Bertz CT molecular complexity index is 1910. The van der Waals surface area contributed by atoms with E-state index in [9.17, 15) is 19.8 Å². The molecule has 8 heteroatoms. The molecular formula is C31H22N2O6. The van der Waals surface area contributed by atoms with E-state index in [1.54, 1.807) is 13.8 Å². The van der Waals surface area contributed by atoms with E-state index in [0.29, 0.717) is 49.0 Å². The lowest BCUT2D eigenvalue weighted by Crippen LogP contribution is -2.19. The third-order valence-corrected chi connectivity index (χ3v) is 6.61. The first-order valence-corrected chi connectivity index (χ1v) is 12.2. The minimum absolute atomic E-state index is 0.156. The molecule has 0 saturated carbocycles. The molecule has 2 N–H and O–H groups in total. The molecular weight excluding hydrogens is 496 g/mol. The normalized spacial score (nSPS) is 11.2. The predicted octanol–water partition coefficient (Wildman–Crippen LogP) is 5.86. The molecule has 6 aromatic rings. The molecule has 192 valence electrons. The van der Waals surface area contributed by atoms with Crippen molar-refractivity contribution in [2.24, 2.45) is 0 Å². The number of carbonyl (C=O) groups excluding carboxylic acids is 2. The van der Waals surface area contributed by atoms with Crippen molar-refractivity contribution in [2.75, 3.05) is 0 Å². The van der Waals surface area contributed by atoms with E-state index in [0.717, 1.165) is 10.8 Å². The first kappa shape index (κ1) is 24.0. The Hall–Kier alpha value is -5.37. The van der Waals surface area contributed by atoms with Crippen molar-refractivity contribution in [3.63, 3.8) is 0 Å². The van der Waals surface area contributed by atoms with Crippen LogP contribution in [0, 0.1) is 13.8 Å². The second-order valence-electron chi connectivity index (χ2n) is 9.27. The van der Waals surface area contributed by atoms with Crippen LogP contribution in [0.2, 0.25) is 0 Å². The highest BCUT2D eigenvalue weighted by molar-refractivity contribution is 6.17. The number of para-hydroxylation sites is 1. The van der Waals surface area contributed by atoms with Gasteiger partial charge >= 0.3 is 11.9 Å². The van der Waals surface area contributed by atoms with Gasteiger partial charge in [-0.25, -0.2) is 14.6 Å². The molecule has 0 radical (unpaired) electrons. The third kappa shape index (κ3) is 4.18. The van der Waals surface area contributed by atoms with Gasteiger partial charge in [0.2, 0.25) is 11.8 Å². The van der Waals surface area contributed by atoms with E-state index in [4.69, 9.17) is 14.6 Å². The van der Waals surface area contributed by atoms with Gasteiger partial charge in [0, 0.05) is 22.9 Å². The molecule has 0 fully saturated rings. The summed E-state index contributed by atoms with van der Waals surface area (Å²) >= 11 is 0. The van der Waals surface area contributed by atoms with Crippen LogP contribution in [0.15, 0.2) is 84.9 Å². The highest BCUT2D eigenvalue weighted by Crippen LogP contribution is 2.32. The molecule has 0 unspecified atom stereocenters. The van der Waals surface area contributed by atoms with Crippen LogP contribution in [-0.2, 0) is 0 Å². The Morgan fingerprint density at radius 2 is 1.33 bits per heavy atom. The fourth-order valence-electron chi connectivity index (χ4n) is 4.80. The fourth-order valence-corrected chi connectivity index (χ4v) is 4.80. The van der Waals surface area contributed by atoms with Crippen molar-refractivity contribution in [1.29, 1.82) is 0 Å². The van der Waals surface area contributed by atoms with Crippen molar-refractivity contribution < 1.29 is 29.4 Å². The van der Waals surface area contributed by atoms with E-state index in [-0.39, 0.29) is 5.56 Å². The number of aromatic hydroxyl groups is 2. The summed E-state index contributed by atoms with van der Waals surface area (Å²) in [6, 6.07) is 24.7. The second-order valence-corrected chi connectivity index (χ2v) is 9.27. The molecule has 2 heterocycles. The lowest BCUT2D eigenvalue weighted by molar-refractivity contribution is 0.0381. The van der Waals surface area contributed by atoms with Gasteiger partial charge in [0.1, 0.15) is 5.75 Å². The molecule has 0 saturated heterocycles. The summed E-state index contributed by atoms with van der Waals surface area (Å²) in [5.74, 6) is -1.89. The van der Waals surface area contributed by atoms with Crippen molar-refractivity contribution in [3.8, 4) is 17.5 Å². The molecule has 2 aromatic heterocycles. The summed E-state index contributed by atoms with van der Waals surface area (Å²) < 4.78 is 6.58. The van der Waals surface area contributed by atoms with Crippen LogP contribution in [0.5, 0.6) is 17.5 Å². The first-order chi connectivity index (χ1) is 18.8. The number of nitrogens with zero attached hydrogens (tertiary/aromatic N) is 2. The lowest BCUT2D eigenvalue weighted by atomic mass is 9.99. The lowest BCUT2D eigenvalue weighted by Gasteiger charge is -2.15. The quantitative estimate of drug-likeness (QED) is 0.171. The number of esters is 1. The van der Waals surface area contributed by atoms with E-state index in [2.05, 4.69) is 0 Å². The maximum absolute atomic E-state index is 13.8. The number of ether oxygens (including phenoxy) is 1. The molecule has 6 rings (SSSR count). The Balaban J connectivity index is 1.40. The predicted molar refractivity (Wildman–Crippen MR) is 146 cm³/mol. The maximum atomic E-state index is 13.8. The van der Waals surface area contributed by atoms with Crippen molar-refractivity contribution >= 4 is 44.5 Å². The average Bonchev–Trinajstić information content (AvgIpc) is 3.24. The molecule has 0 atom stereocenters. The van der Waals surface area contributed by atoms with Crippen LogP contribution >= 0.6 is 0 Å². The molecule has 8 nitrogen and oxygen atoms in total. The highest BCUT2D eigenvalue weighted by Gasteiger charge is 2.22.